The topological polar surface area (TPSA) is 113 Å². The lowest BCUT2D eigenvalue weighted by atomic mass is 10.1. The number of amides is 1. The molecule has 1 amide bonds. The molecule has 2 N–H and O–H groups in total. The first-order valence-electron chi connectivity index (χ1n) is 10.2. The Morgan fingerprint density at radius 2 is 1.87 bits per heavy atom. The van der Waals surface area contributed by atoms with Crippen LogP contribution in [-0.4, -0.2) is 41.7 Å². The summed E-state index contributed by atoms with van der Waals surface area (Å²) >= 11 is 5.95. The summed E-state index contributed by atoms with van der Waals surface area (Å²) in [6.45, 7) is 4.48. The summed E-state index contributed by atoms with van der Waals surface area (Å²) in [5.41, 5.74) is 1.19. The minimum atomic E-state index is -1.12. The maximum Gasteiger partial charge on any atom is 0.407 e. The van der Waals surface area contributed by atoms with E-state index in [-0.39, 0.29) is 36.1 Å². The van der Waals surface area contributed by atoms with Gasteiger partial charge in [-0.25, -0.2) is 9.59 Å². The van der Waals surface area contributed by atoms with Crippen molar-refractivity contribution in [1.29, 1.82) is 0 Å². The SMILES string of the molecule is CCCCCn1c(=O)n(CCN(Cc2ccc(C)cc2)C(=O)O)c(=O)c2[nH]c(Cl)nc21. The first-order chi connectivity index (χ1) is 14.8. The molecule has 0 saturated carbocycles. The molecule has 2 heterocycles. The molecule has 31 heavy (non-hydrogen) atoms. The number of aromatic nitrogens is 4. The summed E-state index contributed by atoms with van der Waals surface area (Å²) in [4.78, 5) is 45.7. The van der Waals surface area contributed by atoms with Crippen molar-refractivity contribution in [3.63, 3.8) is 0 Å². The highest BCUT2D eigenvalue weighted by atomic mass is 35.5. The van der Waals surface area contributed by atoms with E-state index in [2.05, 4.69) is 16.9 Å². The average molecular weight is 448 g/mol. The molecule has 0 spiro atoms. The van der Waals surface area contributed by atoms with E-state index in [1.807, 2.05) is 31.2 Å². The standard InChI is InChI=1S/C21H26ClN5O4/c1-3-4-5-10-26-17-16(23-19(22)24-17)18(28)27(20(26)29)12-11-25(21(30)31)13-15-8-6-14(2)7-9-15/h6-9H,3-5,10-13H2,1-2H3,(H,23,24)(H,30,31). The first-order valence-corrected chi connectivity index (χ1v) is 10.6. The maximum atomic E-state index is 13.0. The molecule has 0 fully saturated rings. The Morgan fingerprint density at radius 1 is 1.16 bits per heavy atom. The van der Waals surface area contributed by atoms with Crippen molar-refractivity contribution >= 4 is 28.9 Å². The third-order valence-electron chi connectivity index (χ3n) is 5.18. The van der Waals surface area contributed by atoms with Crippen molar-refractivity contribution in [1.82, 2.24) is 24.0 Å². The van der Waals surface area contributed by atoms with Gasteiger partial charge in [-0.3, -0.25) is 13.9 Å². The van der Waals surface area contributed by atoms with Gasteiger partial charge in [0.25, 0.3) is 5.56 Å². The molecule has 3 rings (SSSR count). The number of aromatic amines is 1. The third kappa shape index (κ3) is 5.16. The molecule has 0 aliphatic heterocycles. The van der Waals surface area contributed by atoms with Gasteiger partial charge in [0.2, 0.25) is 5.28 Å². The summed E-state index contributed by atoms with van der Waals surface area (Å²) in [5, 5.41) is 9.63. The van der Waals surface area contributed by atoms with E-state index in [1.54, 1.807) is 0 Å². The van der Waals surface area contributed by atoms with Gasteiger partial charge in [-0.2, -0.15) is 4.98 Å². The molecule has 0 bridgehead atoms. The van der Waals surface area contributed by atoms with Crippen LogP contribution in [0.25, 0.3) is 11.2 Å². The fourth-order valence-electron chi connectivity index (χ4n) is 3.43. The van der Waals surface area contributed by atoms with E-state index in [0.717, 1.165) is 35.0 Å². The molecule has 1 aromatic carbocycles. The summed E-state index contributed by atoms with van der Waals surface area (Å²) in [6, 6.07) is 7.53. The Labute approximate surface area is 183 Å². The monoisotopic (exact) mass is 447 g/mol. The summed E-state index contributed by atoms with van der Waals surface area (Å²) in [6.07, 6.45) is 1.53. The molecule has 9 nitrogen and oxygen atoms in total. The number of hydrogen-bond acceptors (Lipinski definition) is 4. The molecule has 0 aliphatic carbocycles. The second-order valence-electron chi connectivity index (χ2n) is 7.51. The molecular weight excluding hydrogens is 422 g/mol. The van der Waals surface area contributed by atoms with Gasteiger partial charge in [0.15, 0.2) is 11.2 Å². The molecule has 0 unspecified atom stereocenters. The van der Waals surface area contributed by atoms with Crippen LogP contribution in [0.3, 0.4) is 0 Å². The Hall–Kier alpha value is -3.07. The smallest absolute Gasteiger partial charge is 0.407 e. The third-order valence-corrected chi connectivity index (χ3v) is 5.35. The Morgan fingerprint density at radius 3 is 2.52 bits per heavy atom. The zero-order valence-corrected chi connectivity index (χ0v) is 18.4. The van der Waals surface area contributed by atoms with Crippen LogP contribution in [0.2, 0.25) is 5.28 Å². The van der Waals surface area contributed by atoms with Gasteiger partial charge in [0.1, 0.15) is 0 Å². The van der Waals surface area contributed by atoms with Crippen LogP contribution in [0.4, 0.5) is 4.79 Å². The van der Waals surface area contributed by atoms with Gasteiger partial charge in [0, 0.05) is 26.2 Å². The van der Waals surface area contributed by atoms with Crippen LogP contribution < -0.4 is 11.2 Å². The van der Waals surface area contributed by atoms with Crippen LogP contribution in [0.15, 0.2) is 33.9 Å². The van der Waals surface area contributed by atoms with Crippen LogP contribution >= 0.6 is 11.6 Å². The quantitative estimate of drug-likeness (QED) is 0.386. The number of rotatable bonds is 9. The molecule has 3 aromatic rings. The van der Waals surface area contributed by atoms with Crippen molar-refractivity contribution < 1.29 is 9.90 Å². The molecule has 166 valence electrons. The number of benzene rings is 1. The molecule has 0 atom stereocenters. The van der Waals surface area contributed by atoms with Crippen molar-refractivity contribution in [3.05, 3.63) is 61.5 Å². The van der Waals surface area contributed by atoms with Gasteiger partial charge in [-0.15, -0.1) is 0 Å². The maximum absolute atomic E-state index is 13.0. The number of imidazole rings is 1. The van der Waals surface area contributed by atoms with Crippen molar-refractivity contribution in [2.75, 3.05) is 6.54 Å². The summed E-state index contributed by atoms with van der Waals surface area (Å²) < 4.78 is 2.48. The fourth-order valence-corrected chi connectivity index (χ4v) is 3.61. The minimum Gasteiger partial charge on any atom is -0.465 e. The number of nitrogens with zero attached hydrogens (tertiary/aromatic N) is 4. The molecule has 0 aliphatic rings. The highest BCUT2D eigenvalue weighted by Crippen LogP contribution is 2.11. The summed E-state index contributed by atoms with van der Waals surface area (Å²) in [7, 11) is 0. The van der Waals surface area contributed by atoms with Crippen LogP contribution in [0.1, 0.15) is 37.3 Å². The fraction of sp³-hybridized carbons (Fsp3) is 0.429. The van der Waals surface area contributed by atoms with Gasteiger partial charge < -0.3 is 15.0 Å². The van der Waals surface area contributed by atoms with E-state index in [0.29, 0.717) is 6.54 Å². The number of H-pyrrole nitrogens is 1. The van der Waals surface area contributed by atoms with Crippen LogP contribution in [0.5, 0.6) is 0 Å². The van der Waals surface area contributed by atoms with E-state index >= 15 is 0 Å². The number of unbranched alkanes of at least 4 members (excludes halogenated alkanes) is 2. The second-order valence-corrected chi connectivity index (χ2v) is 7.87. The number of fused-ring (bicyclic) bond motifs is 1. The predicted molar refractivity (Wildman–Crippen MR) is 119 cm³/mol. The number of hydrogen-bond donors (Lipinski definition) is 2. The van der Waals surface area contributed by atoms with Gasteiger partial charge in [-0.05, 0) is 30.5 Å². The van der Waals surface area contributed by atoms with E-state index < -0.39 is 17.3 Å². The number of carbonyl (C=O) groups is 1. The number of carboxylic acid groups (broad SMARTS) is 1. The lowest BCUT2D eigenvalue weighted by molar-refractivity contribution is 0.140. The number of halogens is 1. The highest BCUT2D eigenvalue weighted by Gasteiger charge is 2.19. The molecule has 2 aromatic heterocycles. The minimum absolute atomic E-state index is 0.0132. The molecule has 0 radical (unpaired) electrons. The Bertz CT molecular complexity index is 1180. The summed E-state index contributed by atoms with van der Waals surface area (Å²) in [5.74, 6) is 0. The molecular formula is C21H26ClN5O4. The predicted octanol–water partition coefficient (Wildman–Crippen LogP) is 3.22. The van der Waals surface area contributed by atoms with E-state index in [1.165, 1.54) is 9.47 Å². The van der Waals surface area contributed by atoms with Gasteiger partial charge >= 0.3 is 11.8 Å². The highest BCUT2D eigenvalue weighted by molar-refractivity contribution is 6.28. The zero-order chi connectivity index (χ0) is 22.5. The van der Waals surface area contributed by atoms with Crippen molar-refractivity contribution in [3.8, 4) is 0 Å². The Kier molecular flexibility index (Phi) is 7.17. The largest absolute Gasteiger partial charge is 0.465 e. The van der Waals surface area contributed by atoms with Crippen molar-refractivity contribution in [2.45, 2.75) is 52.7 Å². The van der Waals surface area contributed by atoms with Crippen LogP contribution in [-0.2, 0) is 19.6 Å². The lowest BCUT2D eigenvalue weighted by Crippen LogP contribution is -2.43. The van der Waals surface area contributed by atoms with Gasteiger partial charge in [0.05, 0.1) is 0 Å². The van der Waals surface area contributed by atoms with Crippen molar-refractivity contribution in [2.24, 2.45) is 0 Å². The Balaban J connectivity index is 1.90. The van der Waals surface area contributed by atoms with E-state index in [4.69, 9.17) is 11.6 Å². The van der Waals surface area contributed by atoms with Gasteiger partial charge in [-0.1, -0.05) is 49.6 Å². The molecule has 10 heteroatoms. The van der Waals surface area contributed by atoms with E-state index in [9.17, 15) is 19.5 Å². The zero-order valence-electron chi connectivity index (χ0n) is 17.6. The van der Waals surface area contributed by atoms with Crippen LogP contribution in [0, 0.1) is 6.92 Å². The lowest BCUT2D eigenvalue weighted by Gasteiger charge is -2.20. The average Bonchev–Trinajstić information content (AvgIpc) is 3.12. The number of aryl methyl sites for hydroxylation is 2. The molecule has 0 saturated heterocycles. The number of nitrogens with one attached hydrogen (secondary N) is 1. The first kappa shape index (κ1) is 22.6. The second kappa shape index (κ2) is 9.82. The normalized spacial score (nSPS) is 11.2.